The Labute approximate surface area is 248 Å². The lowest BCUT2D eigenvalue weighted by Crippen LogP contribution is -2.37. The van der Waals surface area contributed by atoms with Gasteiger partial charge in [-0.05, 0) is 66.4 Å². The van der Waals surface area contributed by atoms with Crippen LogP contribution >= 0.6 is 0 Å². The number of hydrogen-bond acceptors (Lipinski definition) is 8. The van der Waals surface area contributed by atoms with Crippen molar-refractivity contribution in [3.8, 4) is 11.5 Å². The summed E-state index contributed by atoms with van der Waals surface area (Å²) >= 11 is 0. The molecule has 5 unspecified atom stereocenters. The lowest BCUT2D eigenvalue weighted by Gasteiger charge is -2.24. The van der Waals surface area contributed by atoms with Crippen LogP contribution in [-0.2, 0) is 28.7 Å². The summed E-state index contributed by atoms with van der Waals surface area (Å²) in [6.07, 6.45) is 0.292. The van der Waals surface area contributed by atoms with Crippen molar-refractivity contribution >= 4 is 41.0 Å². The van der Waals surface area contributed by atoms with Gasteiger partial charge in [0.1, 0.15) is 11.5 Å². The number of rotatable bonds is 9. The molecule has 1 N–H and O–H groups in total. The number of phenolic OH excluding ortho intramolecular Hbond substituents is 1. The van der Waals surface area contributed by atoms with Crippen LogP contribution in [0.4, 0.5) is 11.4 Å². The van der Waals surface area contributed by atoms with Crippen LogP contribution in [0.2, 0.25) is 0 Å². The molecule has 0 aliphatic carbocycles. The molecule has 10 heteroatoms. The molecule has 3 aromatic carbocycles. The molecule has 2 aliphatic rings. The zero-order valence-corrected chi connectivity index (χ0v) is 24.0. The van der Waals surface area contributed by atoms with Gasteiger partial charge in [-0.1, -0.05) is 44.2 Å². The maximum atomic E-state index is 14.2. The molecule has 43 heavy (non-hydrogen) atoms. The van der Waals surface area contributed by atoms with Crippen molar-refractivity contribution in [1.82, 2.24) is 0 Å². The fraction of sp³-hybridized carbons (Fsp3) is 0.303. The topological polar surface area (TPSA) is 131 Å². The van der Waals surface area contributed by atoms with Crippen molar-refractivity contribution in [2.24, 2.45) is 23.7 Å². The van der Waals surface area contributed by atoms with Crippen LogP contribution in [0, 0.1) is 23.7 Å². The first kappa shape index (κ1) is 29.5. The molecular weight excluding hydrogens is 552 g/mol. The second kappa shape index (κ2) is 12.1. The quantitative estimate of drug-likeness (QED) is 0.294. The van der Waals surface area contributed by atoms with Crippen molar-refractivity contribution < 1.29 is 38.6 Å². The van der Waals surface area contributed by atoms with Crippen LogP contribution in [0.3, 0.4) is 0 Å². The number of aromatic hydroxyl groups is 1. The molecule has 2 heterocycles. The van der Waals surface area contributed by atoms with E-state index in [0.29, 0.717) is 17.9 Å². The van der Waals surface area contributed by atoms with Crippen LogP contribution < -0.4 is 14.5 Å². The highest BCUT2D eigenvalue weighted by Crippen LogP contribution is 2.46. The van der Waals surface area contributed by atoms with Crippen molar-refractivity contribution in [1.29, 1.82) is 0 Å². The molecule has 0 saturated carbocycles. The number of amides is 4. The number of ether oxygens (including phenoxy) is 2. The molecule has 2 saturated heterocycles. The normalized spacial score (nSPS) is 22.7. The van der Waals surface area contributed by atoms with Crippen molar-refractivity contribution in [3.63, 3.8) is 0 Å². The second-order valence-corrected chi connectivity index (χ2v) is 10.9. The van der Waals surface area contributed by atoms with Gasteiger partial charge in [-0.3, -0.25) is 29.0 Å². The van der Waals surface area contributed by atoms with E-state index in [1.807, 2.05) is 37.3 Å². The Morgan fingerprint density at radius 3 is 1.95 bits per heavy atom. The largest absolute Gasteiger partial charge is 0.508 e. The fourth-order valence-corrected chi connectivity index (χ4v) is 6.00. The maximum absolute atomic E-state index is 14.2. The molecule has 0 spiro atoms. The lowest BCUT2D eigenvalue weighted by molar-refractivity contribution is -0.143. The third-order valence-corrected chi connectivity index (χ3v) is 8.28. The molecule has 222 valence electrons. The molecule has 10 nitrogen and oxygen atoms in total. The molecule has 0 aromatic heterocycles. The number of hydrogen-bond donors (Lipinski definition) is 1. The zero-order chi connectivity index (χ0) is 30.8. The van der Waals surface area contributed by atoms with Gasteiger partial charge >= 0.3 is 5.97 Å². The first-order valence-corrected chi connectivity index (χ1v) is 14.0. The third-order valence-electron chi connectivity index (χ3n) is 8.28. The number of imide groups is 2. The number of methoxy groups -OCH3 is 1. The minimum Gasteiger partial charge on any atom is -0.508 e. The van der Waals surface area contributed by atoms with E-state index in [2.05, 4.69) is 4.74 Å². The molecular formula is C33H32N2O8. The Balaban J connectivity index is 1.49. The van der Waals surface area contributed by atoms with E-state index >= 15 is 0 Å². The van der Waals surface area contributed by atoms with Gasteiger partial charge < -0.3 is 14.6 Å². The smallest absolute Gasteiger partial charge is 0.343 e. The van der Waals surface area contributed by atoms with Crippen molar-refractivity contribution in [2.75, 3.05) is 23.5 Å². The highest BCUT2D eigenvalue weighted by Gasteiger charge is 2.59. The number of phenols is 1. The molecule has 0 bridgehead atoms. The second-order valence-electron chi connectivity index (χ2n) is 10.9. The van der Waals surface area contributed by atoms with E-state index in [1.165, 1.54) is 55.6 Å². The van der Waals surface area contributed by atoms with E-state index < -0.39 is 53.3 Å². The van der Waals surface area contributed by atoms with E-state index in [4.69, 9.17) is 4.74 Å². The number of carbonyl (C=O) groups excluding carboxylic acids is 5. The fourth-order valence-electron chi connectivity index (χ4n) is 6.00. The first-order chi connectivity index (χ1) is 20.6. The van der Waals surface area contributed by atoms with Crippen LogP contribution in [0.1, 0.15) is 31.7 Å². The highest BCUT2D eigenvalue weighted by atomic mass is 16.6. The maximum Gasteiger partial charge on any atom is 0.343 e. The van der Waals surface area contributed by atoms with Gasteiger partial charge in [0.05, 0.1) is 36.2 Å². The van der Waals surface area contributed by atoms with E-state index in [1.54, 1.807) is 6.92 Å². The Morgan fingerprint density at radius 2 is 1.35 bits per heavy atom. The van der Waals surface area contributed by atoms with Gasteiger partial charge in [-0.25, -0.2) is 4.79 Å². The number of nitrogens with zero attached hydrogens (tertiary/aromatic N) is 2. The van der Waals surface area contributed by atoms with Crippen LogP contribution in [0.15, 0.2) is 78.9 Å². The Morgan fingerprint density at radius 1 is 0.791 bits per heavy atom. The van der Waals surface area contributed by atoms with Gasteiger partial charge in [0.2, 0.25) is 23.6 Å². The van der Waals surface area contributed by atoms with E-state index in [-0.39, 0.29) is 24.0 Å². The molecule has 4 amide bonds. The molecule has 0 radical (unpaired) electrons. The minimum absolute atomic E-state index is 0.0173. The van der Waals surface area contributed by atoms with E-state index in [9.17, 15) is 29.1 Å². The highest BCUT2D eigenvalue weighted by molar-refractivity contribution is 6.27. The zero-order valence-electron chi connectivity index (χ0n) is 24.0. The van der Waals surface area contributed by atoms with Crippen LogP contribution in [0.5, 0.6) is 11.5 Å². The number of anilines is 2. The number of esters is 1. The summed E-state index contributed by atoms with van der Waals surface area (Å²) in [6.45, 7) is 3.27. The average Bonchev–Trinajstić information content (AvgIpc) is 3.38. The molecule has 3 aromatic rings. The summed E-state index contributed by atoms with van der Waals surface area (Å²) in [5.74, 6) is -6.21. The van der Waals surface area contributed by atoms with Gasteiger partial charge in [-0.15, -0.1) is 0 Å². The summed E-state index contributed by atoms with van der Waals surface area (Å²) in [4.78, 5) is 69.1. The number of carbonyl (C=O) groups is 5. The van der Waals surface area contributed by atoms with Crippen molar-refractivity contribution in [2.45, 2.75) is 26.2 Å². The van der Waals surface area contributed by atoms with Gasteiger partial charge in [0, 0.05) is 5.92 Å². The van der Waals surface area contributed by atoms with Gasteiger partial charge in [0.25, 0.3) is 0 Å². The Kier molecular flexibility index (Phi) is 8.29. The predicted octanol–water partition coefficient (Wildman–Crippen LogP) is 4.07. The Hall–Kier alpha value is -4.99. The van der Waals surface area contributed by atoms with Crippen molar-refractivity contribution in [3.05, 3.63) is 84.4 Å². The molecule has 5 rings (SSSR count). The SMILES string of the molecule is COC(=O)COc1ccc(N2C(=O)C(CC(C)c3ccccc3)C(C3C(=O)N(c4ccc(O)cc4)C(=O)C3C)C2=O)cc1. The molecule has 2 fully saturated rings. The van der Waals surface area contributed by atoms with Gasteiger partial charge in [0.15, 0.2) is 6.61 Å². The average molecular weight is 585 g/mol. The summed E-state index contributed by atoms with van der Waals surface area (Å²) < 4.78 is 9.97. The first-order valence-electron chi connectivity index (χ1n) is 14.0. The molecule has 2 aliphatic heterocycles. The third kappa shape index (κ3) is 5.60. The Bertz CT molecular complexity index is 1540. The predicted molar refractivity (Wildman–Crippen MR) is 156 cm³/mol. The standard InChI is InChI=1S/C33H32N2O8/c1-19(21-7-5-4-6-8-21)17-26-29(28-20(2)30(38)34(32(28)40)22-9-13-24(36)14-10-22)33(41)35(31(26)39)23-11-15-25(16-12-23)43-18-27(37)42-3/h4-16,19-20,26,28-29,36H,17-18H2,1-3H3. The van der Waals surface area contributed by atoms with Crippen LogP contribution in [0.25, 0.3) is 0 Å². The summed E-state index contributed by atoms with van der Waals surface area (Å²) in [5, 5.41) is 9.70. The monoisotopic (exact) mass is 584 g/mol. The summed E-state index contributed by atoms with van der Waals surface area (Å²) in [7, 11) is 1.25. The minimum atomic E-state index is -1.07. The summed E-state index contributed by atoms with van der Waals surface area (Å²) in [5.41, 5.74) is 1.56. The van der Waals surface area contributed by atoms with Crippen LogP contribution in [-0.4, -0.2) is 48.4 Å². The lowest BCUT2D eigenvalue weighted by atomic mass is 9.74. The van der Waals surface area contributed by atoms with E-state index in [0.717, 1.165) is 15.4 Å². The van der Waals surface area contributed by atoms with Gasteiger partial charge in [-0.2, -0.15) is 0 Å². The molecule has 5 atom stereocenters. The summed E-state index contributed by atoms with van der Waals surface area (Å²) in [6, 6.07) is 21.4. The number of benzene rings is 3.